The topological polar surface area (TPSA) is 29.1 Å². The number of rotatable bonds is 4. The monoisotopic (exact) mass is 325 g/mol. The Morgan fingerprint density at radius 2 is 1.86 bits per heavy atom. The highest BCUT2D eigenvalue weighted by Gasteiger charge is 2.14. The SMILES string of the molecule is CSc1cccc(NC(=O)c2sccc2-c2ccccc2)c1. The van der Waals surface area contributed by atoms with Crippen LogP contribution in [0.25, 0.3) is 11.1 Å². The highest BCUT2D eigenvalue weighted by Crippen LogP contribution is 2.29. The summed E-state index contributed by atoms with van der Waals surface area (Å²) in [4.78, 5) is 14.4. The molecular formula is C18H15NOS2. The summed E-state index contributed by atoms with van der Waals surface area (Å²) in [5.41, 5.74) is 2.86. The minimum Gasteiger partial charge on any atom is -0.321 e. The Hall–Kier alpha value is -2.04. The summed E-state index contributed by atoms with van der Waals surface area (Å²) in [5.74, 6) is -0.0629. The number of anilines is 1. The first-order valence-electron chi connectivity index (χ1n) is 6.86. The molecule has 0 saturated carbocycles. The van der Waals surface area contributed by atoms with Crippen LogP contribution < -0.4 is 5.32 Å². The number of thiophene rings is 1. The van der Waals surface area contributed by atoms with Gasteiger partial charge in [0.15, 0.2) is 0 Å². The van der Waals surface area contributed by atoms with E-state index >= 15 is 0 Å². The van der Waals surface area contributed by atoms with Gasteiger partial charge in [0, 0.05) is 16.1 Å². The van der Waals surface area contributed by atoms with Gasteiger partial charge >= 0.3 is 0 Å². The van der Waals surface area contributed by atoms with Gasteiger partial charge in [-0.2, -0.15) is 0 Å². The van der Waals surface area contributed by atoms with E-state index in [-0.39, 0.29) is 5.91 Å². The van der Waals surface area contributed by atoms with Crippen LogP contribution in [0.15, 0.2) is 70.9 Å². The van der Waals surface area contributed by atoms with Gasteiger partial charge in [-0.1, -0.05) is 36.4 Å². The Balaban J connectivity index is 1.86. The molecule has 110 valence electrons. The molecule has 0 aliphatic rings. The summed E-state index contributed by atoms with van der Waals surface area (Å²) in [6, 6.07) is 19.9. The summed E-state index contributed by atoms with van der Waals surface area (Å²) in [6.07, 6.45) is 2.02. The molecule has 0 aliphatic heterocycles. The van der Waals surface area contributed by atoms with Crippen LogP contribution in [0, 0.1) is 0 Å². The molecule has 1 amide bonds. The van der Waals surface area contributed by atoms with Gasteiger partial charge in [-0.25, -0.2) is 0 Å². The van der Waals surface area contributed by atoms with Gasteiger partial charge in [-0.3, -0.25) is 4.79 Å². The first-order chi connectivity index (χ1) is 10.8. The quantitative estimate of drug-likeness (QED) is 0.652. The fourth-order valence-electron chi connectivity index (χ4n) is 2.22. The van der Waals surface area contributed by atoms with Gasteiger partial charge in [-0.05, 0) is 41.5 Å². The van der Waals surface area contributed by atoms with Crippen LogP contribution in [-0.4, -0.2) is 12.2 Å². The van der Waals surface area contributed by atoms with E-state index in [1.807, 2.05) is 72.3 Å². The summed E-state index contributed by atoms with van der Waals surface area (Å²) in [7, 11) is 0. The van der Waals surface area contributed by atoms with E-state index in [1.54, 1.807) is 11.8 Å². The van der Waals surface area contributed by atoms with Gasteiger partial charge in [0.1, 0.15) is 0 Å². The van der Waals surface area contributed by atoms with Crippen LogP contribution in [0.5, 0.6) is 0 Å². The lowest BCUT2D eigenvalue weighted by atomic mass is 10.1. The van der Waals surface area contributed by atoms with Crippen LogP contribution in [0.1, 0.15) is 9.67 Å². The number of carbonyl (C=O) groups is 1. The molecule has 1 heterocycles. The molecule has 0 atom stereocenters. The standard InChI is InChI=1S/C18H15NOS2/c1-21-15-9-5-8-14(12-15)19-18(20)17-16(10-11-22-17)13-6-3-2-4-7-13/h2-12H,1H3,(H,19,20). The van der Waals surface area contributed by atoms with Crippen LogP contribution in [0.4, 0.5) is 5.69 Å². The van der Waals surface area contributed by atoms with Gasteiger partial charge < -0.3 is 5.32 Å². The highest BCUT2D eigenvalue weighted by atomic mass is 32.2. The van der Waals surface area contributed by atoms with Crippen molar-refractivity contribution in [1.82, 2.24) is 0 Å². The van der Waals surface area contributed by atoms with Crippen molar-refractivity contribution < 1.29 is 4.79 Å². The normalized spacial score (nSPS) is 10.4. The molecule has 0 fully saturated rings. The van der Waals surface area contributed by atoms with Crippen LogP contribution in [0.3, 0.4) is 0 Å². The Bertz CT molecular complexity index is 781. The number of hydrogen-bond acceptors (Lipinski definition) is 3. The molecule has 2 nitrogen and oxygen atoms in total. The summed E-state index contributed by atoms with van der Waals surface area (Å²) >= 11 is 3.12. The second-order valence-corrected chi connectivity index (χ2v) is 6.51. The van der Waals surface area contributed by atoms with Gasteiger partial charge in [0.2, 0.25) is 0 Å². The molecule has 0 radical (unpaired) electrons. The van der Waals surface area contributed by atoms with Crippen LogP contribution >= 0.6 is 23.1 Å². The molecule has 0 saturated heterocycles. The molecule has 0 spiro atoms. The molecule has 1 aromatic heterocycles. The number of thioether (sulfide) groups is 1. The third kappa shape index (κ3) is 3.24. The summed E-state index contributed by atoms with van der Waals surface area (Å²) in [6.45, 7) is 0. The number of nitrogens with one attached hydrogen (secondary N) is 1. The van der Waals surface area contributed by atoms with E-state index in [4.69, 9.17) is 0 Å². The minimum atomic E-state index is -0.0629. The molecule has 3 aromatic rings. The van der Waals surface area contributed by atoms with Gasteiger partial charge in [0.25, 0.3) is 5.91 Å². The lowest BCUT2D eigenvalue weighted by molar-refractivity contribution is 0.103. The van der Waals surface area contributed by atoms with Gasteiger partial charge in [0.05, 0.1) is 4.88 Å². The second-order valence-electron chi connectivity index (χ2n) is 4.72. The lowest BCUT2D eigenvalue weighted by Gasteiger charge is -2.07. The van der Waals surface area contributed by atoms with Crippen molar-refractivity contribution in [2.45, 2.75) is 4.90 Å². The summed E-state index contributed by atoms with van der Waals surface area (Å²) < 4.78 is 0. The third-order valence-electron chi connectivity index (χ3n) is 3.28. The average molecular weight is 325 g/mol. The predicted molar refractivity (Wildman–Crippen MR) is 95.9 cm³/mol. The number of carbonyl (C=O) groups excluding carboxylic acids is 1. The van der Waals surface area contributed by atoms with Crippen molar-refractivity contribution in [2.75, 3.05) is 11.6 Å². The van der Waals surface area contributed by atoms with E-state index in [0.717, 1.165) is 26.6 Å². The molecule has 4 heteroatoms. The Morgan fingerprint density at radius 1 is 1.05 bits per heavy atom. The summed E-state index contributed by atoms with van der Waals surface area (Å²) in [5, 5.41) is 4.94. The smallest absolute Gasteiger partial charge is 0.266 e. The largest absolute Gasteiger partial charge is 0.321 e. The first-order valence-corrected chi connectivity index (χ1v) is 8.96. The average Bonchev–Trinajstić information content (AvgIpc) is 3.05. The first kappa shape index (κ1) is 14.9. The molecule has 3 rings (SSSR count). The van der Waals surface area contributed by atoms with Crippen LogP contribution in [-0.2, 0) is 0 Å². The van der Waals surface area contributed by atoms with E-state index in [0.29, 0.717) is 0 Å². The lowest BCUT2D eigenvalue weighted by Crippen LogP contribution is -2.11. The zero-order chi connectivity index (χ0) is 15.4. The van der Waals surface area contributed by atoms with Crippen molar-refractivity contribution in [3.05, 3.63) is 70.9 Å². The maximum Gasteiger partial charge on any atom is 0.266 e. The molecular weight excluding hydrogens is 310 g/mol. The molecule has 0 unspecified atom stereocenters. The Labute approximate surface area is 138 Å². The Morgan fingerprint density at radius 3 is 2.64 bits per heavy atom. The molecule has 0 aliphatic carbocycles. The molecule has 1 N–H and O–H groups in total. The second kappa shape index (κ2) is 6.81. The molecule has 0 bridgehead atoms. The predicted octanol–water partition coefficient (Wildman–Crippen LogP) is 5.39. The minimum absolute atomic E-state index is 0.0629. The molecule has 22 heavy (non-hydrogen) atoms. The zero-order valence-electron chi connectivity index (χ0n) is 12.1. The maximum absolute atomic E-state index is 12.6. The fourth-order valence-corrected chi connectivity index (χ4v) is 3.49. The van der Waals surface area contributed by atoms with Crippen molar-refractivity contribution in [3.63, 3.8) is 0 Å². The van der Waals surface area contributed by atoms with E-state index in [1.165, 1.54) is 11.3 Å². The van der Waals surface area contributed by atoms with Gasteiger partial charge in [-0.15, -0.1) is 23.1 Å². The van der Waals surface area contributed by atoms with Crippen molar-refractivity contribution in [3.8, 4) is 11.1 Å². The number of benzene rings is 2. The maximum atomic E-state index is 12.6. The van der Waals surface area contributed by atoms with E-state index in [2.05, 4.69) is 5.32 Å². The molecule has 2 aromatic carbocycles. The number of amides is 1. The number of hydrogen-bond donors (Lipinski definition) is 1. The van der Waals surface area contributed by atoms with Crippen molar-refractivity contribution in [1.29, 1.82) is 0 Å². The van der Waals surface area contributed by atoms with E-state index < -0.39 is 0 Å². The van der Waals surface area contributed by atoms with Crippen LogP contribution in [0.2, 0.25) is 0 Å². The van der Waals surface area contributed by atoms with Crippen molar-refractivity contribution in [2.24, 2.45) is 0 Å². The highest BCUT2D eigenvalue weighted by molar-refractivity contribution is 7.98. The zero-order valence-corrected chi connectivity index (χ0v) is 13.7. The van der Waals surface area contributed by atoms with E-state index in [9.17, 15) is 4.79 Å². The fraction of sp³-hybridized carbons (Fsp3) is 0.0556. The Kier molecular flexibility index (Phi) is 4.61. The van der Waals surface area contributed by atoms with Crippen molar-refractivity contribution >= 4 is 34.7 Å². The third-order valence-corrected chi connectivity index (χ3v) is 4.92.